The van der Waals surface area contributed by atoms with Gasteiger partial charge >= 0.3 is 0 Å². The van der Waals surface area contributed by atoms with E-state index in [-0.39, 0.29) is 11.7 Å². The van der Waals surface area contributed by atoms with Crippen molar-refractivity contribution in [3.63, 3.8) is 0 Å². The Hall–Kier alpha value is -1.88. The van der Waals surface area contributed by atoms with E-state index in [1.165, 1.54) is 7.11 Å². The fourth-order valence-corrected chi connectivity index (χ4v) is 3.39. The molecule has 0 bridgehead atoms. The number of carbonyl (C=O) groups excluding carboxylic acids is 2. The smallest absolute Gasteiger partial charge is 0.276 e. The lowest BCUT2D eigenvalue weighted by Crippen LogP contribution is -2.49. The predicted octanol–water partition coefficient (Wildman–Crippen LogP) is 3.59. The highest BCUT2D eigenvalue weighted by atomic mass is 79.9. The third-order valence-electron chi connectivity index (χ3n) is 3.21. The van der Waals surface area contributed by atoms with E-state index in [1.807, 2.05) is 0 Å². The molecule has 0 radical (unpaired) electrons. The molecular formula is C17H14Br2ClN3O4S. The molecule has 3 N–H and O–H groups in total. The highest BCUT2D eigenvalue weighted by molar-refractivity contribution is 9.10. The first-order chi connectivity index (χ1) is 13.3. The zero-order valence-electron chi connectivity index (χ0n) is 14.3. The molecule has 11 heteroatoms. The predicted molar refractivity (Wildman–Crippen MR) is 117 cm³/mol. The Labute approximate surface area is 188 Å². The average molecular weight is 552 g/mol. The number of benzene rings is 2. The topological polar surface area (TPSA) is 88.7 Å². The molecule has 0 saturated carbocycles. The molecule has 2 aromatic carbocycles. The first-order valence-electron chi connectivity index (χ1n) is 7.61. The maximum atomic E-state index is 12.2. The van der Waals surface area contributed by atoms with Gasteiger partial charge in [-0.25, -0.2) is 0 Å². The van der Waals surface area contributed by atoms with Crippen LogP contribution in [0.3, 0.4) is 0 Å². The lowest BCUT2D eigenvalue weighted by Gasteiger charge is -2.12. The number of hydrogen-bond acceptors (Lipinski definition) is 5. The van der Waals surface area contributed by atoms with Gasteiger partial charge in [0.15, 0.2) is 11.7 Å². The Balaban J connectivity index is 1.79. The summed E-state index contributed by atoms with van der Waals surface area (Å²) < 4.78 is 11.7. The van der Waals surface area contributed by atoms with E-state index in [2.05, 4.69) is 48.0 Å². The van der Waals surface area contributed by atoms with Gasteiger partial charge in [0, 0.05) is 10.6 Å². The summed E-state index contributed by atoms with van der Waals surface area (Å²) in [4.78, 5) is 24.0. The van der Waals surface area contributed by atoms with Crippen molar-refractivity contribution in [2.45, 2.75) is 0 Å². The van der Waals surface area contributed by atoms with Gasteiger partial charge in [-0.15, -0.1) is 0 Å². The molecule has 0 saturated heterocycles. The minimum atomic E-state index is -0.495. The van der Waals surface area contributed by atoms with Crippen LogP contribution in [0.2, 0.25) is 5.02 Å². The molecule has 0 unspecified atom stereocenters. The molecule has 0 fully saturated rings. The van der Waals surface area contributed by atoms with Gasteiger partial charge in [-0.05, 0) is 80.5 Å². The molecule has 2 rings (SSSR count). The molecule has 7 nitrogen and oxygen atoms in total. The van der Waals surface area contributed by atoms with E-state index < -0.39 is 11.8 Å². The first kappa shape index (κ1) is 22.4. The number of amides is 2. The van der Waals surface area contributed by atoms with Gasteiger partial charge < -0.3 is 9.47 Å². The van der Waals surface area contributed by atoms with Crippen molar-refractivity contribution in [1.82, 2.24) is 16.2 Å². The number of ether oxygens (including phenoxy) is 2. The molecule has 0 atom stereocenters. The summed E-state index contributed by atoms with van der Waals surface area (Å²) in [6.07, 6.45) is 0. The highest BCUT2D eigenvalue weighted by Crippen LogP contribution is 2.28. The maximum absolute atomic E-state index is 12.2. The van der Waals surface area contributed by atoms with E-state index in [9.17, 15) is 9.59 Å². The van der Waals surface area contributed by atoms with Crippen molar-refractivity contribution in [1.29, 1.82) is 0 Å². The van der Waals surface area contributed by atoms with E-state index >= 15 is 0 Å². The van der Waals surface area contributed by atoms with Crippen LogP contribution in [0.25, 0.3) is 0 Å². The summed E-state index contributed by atoms with van der Waals surface area (Å²) in [5.41, 5.74) is 5.12. The van der Waals surface area contributed by atoms with Crippen molar-refractivity contribution in [2.75, 3.05) is 13.7 Å². The summed E-state index contributed by atoms with van der Waals surface area (Å²) >= 11 is 17.4. The third kappa shape index (κ3) is 6.62. The van der Waals surface area contributed by atoms with Crippen LogP contribution in [0.5, 0.6) is 11.5 Å². The van der Waals surface area contributed by atoms with Gasteiger partial charge in [0.05, 0.1) is 16.1 Å². The van der Waals surface area contributed by atoms with Gasteiger partial charge in [-0.1, -0.05) is 11.6 Å². The number of methoxy groups -OCH3 is 1. The van der Waals surface area contributed by atoms with Crippen LogP contribution in [0.4, 0.5) is 0 Å². The largest absolute Gasteiger partial charge is 0.496 e. The van der Waals surface area contributed by atoms with Gasteiger partial charge in [0.2, 0.25) is 0 Å². The summed E-state index contributed by atoms with van der Waals surface area (Å²) in [6, 6.07) is 9.73. The summed E-state index contributed by atoms with van der Waals surface area (Å²) in [6.45, 7) is -0.269. The summed E-state index contributed by atoms with van der Waals surface area (Å²) in [7, 11) is 1.52. The molecule has 0 aliphatic heterocycles. The standard InChI is InChI=1S/C17H14Br2ClN3O4S/c1-26-13-4-2-9(6-11(13)18)16(25)21-17(28)23-22-15(24)8-27-14-5-3-10(20)7-12(14)19/h2-7H,8H2,1H3,(H,22,24)(H2,21,23,25,28). The summed E-state index contributed by atoms with van der Waals surface area (Å²) in [5, 5.41) is 2.91. The normalized spacial score (nSPS) is 10.0. The Kier molecular flexibility index (Phi) is 8.49. The van der Waals surface area contributed by atoms with Crippen molar-refractivity contribution < 1.29 is 19.1 Å². The van der Waals surface area contributed by atoms with E-state index in [0.717, 1.165) is 0 Å². The van der Waals surface area contributed by atoms with Crippen molar-refractivity contribution in [3.05, 3.63) is 55.9 Å². The number of carbonyl (C=O) groups is 2. The third-order valence-corrected chi connectivity index (χ3v) is 4.89. The molecule has 2 aromatic rings. The van der Waals surface area contributed by atoms with Crippen molar-refractivity contribution in [2.24, 2.45) is 0 Å². The SMILES string of the molecule is COc1ccc(C(=O)NC(=S)NNC(=O)COc2ccc(Cl)cc2Br)cc1Br. The van der Waals surface area contributed by atoms with Crippen LogP contribution in [0.1, 0.15) is 10.4 Å². The average Bonchev–Trinajstić information content (AvgIpc) is 2.65. The minimum Gasteiger partial charge on any atom is -0.496 e. The minimum absolute atomic E-state index is 0.0713. The van der Waals surface area contributed by atoms with Crippen LogP contribution in [0, 0.1) is 0 Å². The zero-order chi connectivity index (χ0) is 20.7. The number of rotatable bonds is 5. The lowest BCUT2D eigenvalue weighted by molar-refractivity contribution is -0.123. The molecular weight excluding hydrogens is 538 g/mol. The second kappa shape index (κ2) is 10.6. The lowest BCUT2D eigenvalue weighted by atomic mass is 10.2. The molecule has 0 heterocycles. The molecule has 148 valence electrons. The molecule has 0 aromatic heterocycles. The van der Waals surface area contributed by atoms with Crippen LogP contribution < -0.4 is 25.6 Å². The Morgan fingerprint density at radius 1 is 1.07 bits per heavy atom. The fourth-order valence-electron chi connectivity index (χ4n) is 1.91. The Morgan fingerprint density at radius 2 is 1.75 bits per heavy atom. The highest BCUT2D eigenvalue weighted by Gasteiger charge is 2.11. The zero-order valence-corrected chi connectivity index (χ0v) is 19.1. The first-order valence-corrected chi connectivity index (χ1v) is 9.99. The number of halogens is 3. The van der Waals surface area contributed by atoms with E-state index in [0.29, 0.717) is 31.0 Å². The fraction of sp³-hybridized carbons (Fsp3) is 0.118. The molecule has 28 heavy (non-hydrogen) atoms. The van der Waals surface area contributed by atoms with Gasteiger partial charge in [0.1, 0.15) is 11.5 Å². The number of hydrogen-bond donors (Lipinski definition) is 3. The Bertz CT molecular complexity index is 914. The quantitative estimate of drug-likeness (QED) is 0.389. The van der Waals surface area contributed by atoms with Crippen LogP contribution in [0.15, 0.2) is 45.3 Å². The Morgan fingerprint density at radius 3 is 2.39 bits per heavy atom. The second-order valence-electron chi connectivity index (χ2n) is 5.17. The van der Waals surface area contributed by atoms with Gasteiger partial charge in [0.25, 0.3) is 11.8 Å². The maximum Gasteiger partial charge on any atom is 0.276 e. The number of thiocarbonyl (C=S) groups is 1. The molecule has 0 spiro atoms. The van der Waals surface area contributed by atoms with E-state index in [1.54, 1.807) is 36.4 Å². The van der Waals surface area contributed by atoms with Gasteiger partial charge in [-0.3, -0.25) is 25.8 Å². The van der Waals surface area contributed by atoms with Crippen LogP contribution >= 0.6 is 55.7 Å². The van der Waals surface area contributed by atoms with Crippen LogP contribution in [-0.2, 0) is 4.79 Å². The molecule has 0 aliphatic rings. The van der Waals surface area contributed by atoms with Crippen molar-refractivity contribution in [3.8, 4) is 11.5 Å². The monoisotopic (exact) mass is 549 g/mol. The molecule has 2 amide bonds. The summed E-state index contributed by atoms with van der Waals surface area (Å²) in [5.74, 6) is 0.111. The number of hydrazine groups is 1. The van der Waals surface area contributed by atoms with Crippen molar-refractivity contribution >= 4 is 72.6 Å². The van der Waals surface area contributed by atoms with Gasteiger partial charge in [-0.2, -0.15) is 0 Å². The van der Waals surface area contributed by atoms with Crippen LogP contribution in [-0.4, -0.2) is 30.6 Å². The second-order valence-corrected chi connectivity index (χ2v) is 7.72. The van der Waals surface area contributed by atoms with E-state index in [4.69, 9.17) is 33.3 Å². The molecule has 0 aliphatic carbocycles. The number of nitrogens with one attached hydrogen (secondary N) is 3.